The van der Waals surface area contributed by atoms with E-state index in [9.17, 15) is 5.11 Å². The third-order valence-corrected chi connectivity index (χ3v) is 3.06. The molecule has 0 saturated heterocycles. The Morgan fingerprint density at radius 2 is 1.83 bits per heavy atom. The van der Waals surface area contributed by atoms with Crippen molar-refractivity contribution in [1.29, 1.82) is 0 Å². The molecule has 0 aliphatic rings. The van der Waals surface area contributed by atoms with Crippen LogP contribution in [0, 0.1) is 5.41 Å². The lowest BCUT2D eigenvalue weighted by molar-refractivity contribution is 0.0280. The van der Waals surface area contributed by atoms with E-state index in [0.717, 1.165) is 0 Å². The van der Waals surface area contributed by atoms with E-state index < -0.39 is 11.5 Å². The molecule has 0 saturated carbocycles. The summed E-state index contributed by atoms with van der Waals surface area (Å²) in [5.41, 5.74) is 0.248. The van der Waals surface area contributed by atoms with Crippen molar-refractivity contribution in [2.75, 3.05) is 19.8 Å². The molecule has 102 valence electrons. The molecule has 0 heterocycles. The summed E-state index contributed by atoms with van der Waals surface area (Å²) in [5.74, 6) is 0.574. The smallest absolute Gasteiger partial charge is 0.125 e. The van der Waals surface area contributed by atoms with Crippen LogP contribution in [0.25, 0.3) is 0 Å². The molecule has 0 bridgehead atoms. The molecule has 0 spiro atoms. The average Bonchev–Trinajstić information content (AvgIpc) is 2.35. The molecule has 4 nitrogen and oxygen atoms in total. The highest BCUT2D eigenvalue weighted by atomic mass is 16.5. The molecular weight excluding hydrogens is 232 g/mol. The van der Waals surface area contributed by atoms with E-state index in [4.69, 9.17) is 14.9 Å². The highest BCUT2D eigenvalue weighted by Crippen LogP contribution is 2.39. The van der Waals surface area contributed by atoms with Crippen LogP contribution in [0.4, 0.5) is 0 Å². The van der Waals surface area contributed by atoms with Gasteiger partial charge in [-0.3, -0.25) is 0 Å². The second kappa shape index (κ2) is 6.73. The minimum atomic E-state index is -0.723. The monoisotopic (exact) mass is 254 g/mol. The van der Waals surface area contributed by atoms with E-state index in [2.05, 4.69) is 0 Å². The zero-order chi connectivity index (χ0) is 13.6. The van der Waals surface area contributed by atoms with Crippen molar-refractivity contribution in [3.63, 3.8) is 0 Å². The Balaban J connectivity index is 2.93. The summed E-state index contributed by atoms with van der Waals surface area (Å²) >= 11 is 0. The standard InChI is InChI=1S/C14H22O4/c1-14(2,7-8-15)13(17)11-5-3-4-6-12(11)18-10-9-16/h3-6,13,15-17H,7-10H2,1-2H3/t13-/m1/s1. The van der Waals surface area contributed by atoms with Crippen LogP contribution in [0.1, 0.15) is 31.9 Å². The summed E-state index contributed by atoms with van der Waals surface area (Å²) < 4.78 is 5.41. The number of ether oxygens (including phenoxy) is 1. The van der Waals surface area contributed by atoms with Crippen LogP contribution in [0.3, 0.4) is 0 Å². The van der Waals surface area contributed by atoms with Crippen molar-refractivity contribution in [2.24, 2.45) is 5.41 Å². The van der Waals surface area contributed by atoms with E-state index >= 15 is 0 Å². The lowest BCUT2D eigenvalue weighted by Gasteiger charge is -2.31. The second-order valence-corrected chi connectivity index (χ2v) is 4.97. The molecule has 0 aromatic heterocycles. The zero-order valence-corrected chi connectivity index (χ0v) is 11.0. The third-order valence-electron chi connectivity index (χ3n) is 3.06. The van der Waals surface area contributed by atoms with Crippen molar-refractivity contribution in [3.8, 4) is 5.75 Å². The maximum Gasteiger partial charge on any atom is 0.125 e. The summed E-state index contributed by atoms with van der Waals surface area (Å²) in [4.78, 5) is 0. The molecule has 1 rings (SSSR count). The molecule has 18 heavy (non-hydrogen) atoms. The van der Waals surface area contributed by atoms with Crippen LogP contribution >= 0.6 is 0 Å². The Morgan fingerprint density at radius 3 is 2.44 bits per heavy atom. The molecule has 0 unspecified atom stereocenters. The minimum absolute atomic E-state index is 0.0315. The Kier molecular flexibility index (Phi) is 5.59. The largest absolute Gasteiger partial charge is 0.491 e. The van der Waals surface area contributed by atoms with Gasteiger partial charge >= 0.3 is 0 Å². The van der Waals surface area contributed by atoms with Crippen LogP contribution in [-0.2, 0) is 0 Å². The number of hydrogen-bond acceptors (Lipinski definition) is 4. The lowest BCUT2D eigenvalue weighted by Crippen LogP contribution is -2.24. The molecule has 1 atom stereocenters. The normalized spacial score (nSPS) is 13.4. The van der Waals surface area contributed by atoms with Gasteiger partial charge in [0.05, 0.1) is 12.7 Å². The minimum Gasteiger partial charge on any atom is -0.491 e. The van der Waals surface area contributed by atoms with Crippen LogP contribution < -0.4 is 4.74 Å². The number of aliphatic hydroxyl groups excluding tert-OH is 3. The van der Waals surface area contributed by atoms with E-state index in [-0.39, 0.29) is 19.8 Å². The fraction of sp³-hybridized carbons (Fsp3) is 0.571. The van der Waals surface area contributed by atoms with Gasteiger partial charge in [-0.2, -0.15) is 0 Å². The van der Waals surface area contributed by atoms with Crippen LogP contribution in [-0.4, -0.2) is 35.1 Å². The Labute approximate surface area is 108 Å². The molecule has 0 radical (unpaired) electrons. The Bertz CT molecular complexity index is 363. The molecule has 4 heteroatoms. The summed E-state index contributed by atoms with van der Waals surface area (Å²) in [5, 5.41) is 28.2. The van der Waals surface area contributed by atoms with E-state index in [1.54, 1.807) is 12.1 Å². The Hall–Kier alpha value is -1.10. The molecular formula is C14H22O4. The van der Waals surface area contributed by atoms with Gasteiger partial charge in [0.1, 0.15) is 12.4 Å². The number of benzene rings is 1. The van der Waals surface area contributed by atoms with Gasteiger partial charge in [0.25, 0.3) is 0 Å². The molecule has 0 aliphatic carbocycles. The van der Waals surface area contributed by atoms with Crippen molar-refractivity contribution in [1.82, 2.24) is 0 Å². The van der Waals surface area contributed by atoms with Crippen LogP contribution in [0.15, 0.2) is 24.3 Å². The quantitative estimate of drug-likeness (QED) is 0.689. The summed E-state index contributed by atoms with van der Waals surface area (Å²) in [6.07, 6.45) is -0.220. The van der Waals surface area contributed by atoms with Gasteiger partial charge in [-0.05, 0) is 17.9 Å². The van der Waals surface area contributed by atoms with Gasteiger partial charge in [-0.15, -0.1) is 0 Å². The first-order chi connectivity index (χ1) is 8.53. The molecule has 1 aromatic carbocycles. The molecule has 1 aromatic rings. The van der Waals surface area contributed by atoms with Crippen molar-refractivity contribution >= 4 is 0 Å². The first-order valence-corrected chi connectivity index (χ1v) is 6.14. The average molecular weight is 254 g/mol. The maximum atomic E-state index is 10.4. The lowest BCUT2D eigenvalue weighted by atomic mass is 9.80. The number of rotatable bonds is 7. The van der Waals surface area contributed by atoms with Gasteiger partial charge < -0.3 is 20.1 Å². The maximum absolute atomic E-state index is 10.4. The Morgan fingerprint density at radius 1 is 1.17 bits per heavy atom. The van der Waals surface area contributed by atoms with E-state index in [1.807, 2.05) is 26.0 Å². The van der Waals surface area contributed by atoms with Crippen LogP contribution in [0.2, 0.25) is 0 Å². The summed E-state index contributed by atoms with van der Waals surface area (Å²) in [7, 11) is 0. The first-order valence-electron chi connectivity index (χ1n) is 6.14. The molecule has 0 fully saturated rings. The second-order valence-electron chi connectivity index (χ2n) is 4.97. The summed E-state index contributed by atoms with van der Waals surface area (Å²) in [6.45, 7) is 3.96. The van der Waals surface area contributed by atoms with Gasteiger partial charge in [0.2, 0.25) is 0 Å². The molecule has 0 aliphatic heterocycles. The number of para-hydroxylation sites is 1. The SMILES string of the molecule is CC(C)(CCO)[C@H](O)c1ccccc1OCCO. The predicted molar refractivity (Wildman–Crippen MR) is 69.5 cm³/mol. The fourth-order valence-electron chi connectivity index (χ4n) is 1.84. The zero-order valence-electron chi connectivity index (χ0n) is 11.0. The molecule has 3 N–H and O–H groups in total. The van der Waals surface area contributed by atoms with Gasteiger partial charge in [-0.25, -0.2) is 0 Å². The molecule has 0 amide bonds. The number of hydrogen-bond donors (Lipinski definition) is 3. The topological polar surface area (TPSA) is 69.9 Å². The van der Waals surface area contributed by atoms with Crippen molar-refractivity contribution in [2.45, 2.75) is 26.4 Å². The van der Waals surface area contributed by atoms with Gasteiger partial charge in [0, 0.05) is 12.2 Å². The number of aliphatic hydroxyl groups is 3. The predicted octanol–water partition coefficient (Wildman–Crippen LogP) is 1.50. The first kappa shape index (κ1) is 15.0. The van der Waals surface area contributed by atoms with Gasteiger partial charge in [-0.1, -0.05) is 32.0 Å². The highest BCUT2D eigenvalue weighted by molar-refractivity contribution is 5.36. The van der Waals surface area contributed by atoms with E-state index in [0.29, 0.717) is 17.7 Å². The van der Waals surface area contributed by atoms with E-state index in [1.165, 1.54) is 0 Å². The third kappa shape index (κ3) is 3.70. The van der Waals surface area contributed by atoms with Crippen molar-refractivity contribution < 1.29 is 20.1 Å². The highest BCUT2D eigenvalue weighted by Gasteiger charge is 2.30. The fourth-order valence-corrected chi connectivity index (χ4v) is 1.84. The summed E-state index contributed by atoms with van der Waals surface area (Å²) in [6, 6.07) is 7.22. The van der Waals surface area contributed by atoms with Gasteiger partial charge in [0.15, 0.2) is 0 Å². The van der Waals surface area contributed by atoms with Crippen molar-refractivity contribution in [3.05, 3.63) is 29.8 Å². The van der Waals surface area contributed by atoms with Crippen LogP contribution in [0.5, 0.6) is 5.75 Å².